The predicted molar refractivity (Wildman–Crippen MR) is 88.6 cm³/mol. The summed E-state index contributed by atoms with van der Waals surface area (Å²) in [5, 5.41) is 4.81. The van der Waals surface area contributed by atoms with Gasteiger partial charge in [0.1, 0.15) is 0 Å². The van der Waals surface area contributed by atoms with Crippen LogP contribution in [0.1, 0.15) is 27.6 Å². The Hall–Kier alpha value is -1.64. The third-order valence-electron chi connectivity index (χ3n) is 3.98. The highest BCUT2D eigenvalue weighted by Crippen LogP contribution is 2.34. The summed E-state index contributed by atoms with van der Waals surface area (Å²) in [6.07, 6.45) is 0. The Morgan fingerprint density at radius 1 is 1.00 bits per heavy atom. The summed E-state index contributed by atoms with van der Waals surface area (Å²) in [5.74, 6) is 0. The van der Waals surface area contributed by atoms with Gasteiger partial charge in [-0.05, 0) is 55.1 Å². The van der Waals surface area contributed by atoms with Gasteiger partial charge in [0.2, 0.25) is 0 Å². The Balaban J connectivity index is 2.11. The van der Waals surface area contributed by atoms with Gasteiger partial charge in [-0.2, -0.15) is 0 Å². The van der Waals surface area contributed by atoms with Crippen molar-refractivity contribution in [2.75, 3.05) is 7.05 Å². The van der Waals surface area contributed by atoms with E-state index in [4.69, 9.17) is 0 Å². The lowest BCUT2D eigenvalue weighted by molar-refractivity contribution is 0.699. The average molecular weight is 281 g/mol. The van der Waals surface area contributed by atoms with Crippen LogP contribution in [-0.4, -0.2) is 7.05 Å². The van der Waals surface area contributed by atoms with Crippen LogP contribution in [0.25, 0.3) is 10.1 Å². The second-order valence-electron chi connectivity index (χ2n) is 5.20. The lowest BCUT2D eigenvalue weighted by Crippen LogP contribution is -2.17. The zero-order valence-corrected chi connectivity index (χ0v) is 12.9. The molecule has 1 N–H and O–H groups in total. The number of benzene rings is 2. The first-order chi connectivity index (χ1) is 9.70. The molecule has 1 unspecified atom stereocenters. The first kappa shape index (κ1) is 13.3. The summed E-state index contributed by atoms with van der Waals surface area (Å²) in [4.78, 5) is 1.38. The van der Waals surface area contributed by atoms with Crippen LogP contribution < -0.4 is 5.32 Å². The minimum Gasteiger partial charge on any atom is -0.309 e. The lowest BCUT2D eigenvalue weighted by atomic mass is 9.96. The molecule has 0 bridgehead atoms. The van der Waals surface area contributed by atoms with E-state index in [2.05, 4.69) is 67.7 Å². The van der Waals surface area contributed by atoms with E-state index in [1.54, 1.807) is 0 Å². The Bertz CT molecular complexity index is 709. The summed E-state index contributed by atoms with van der Waals surface area (Å²) in [5.41, 5.74) is 4.10. The predicted octanol–water partition coefficient (Wildman–Crippen LogP) is 4.83. The molecule has 0 radical (unpaired) electrons. The van der Waals surface area contributed by atoms with Crippen LogP contribution >= 0.6 is 11.3 Å². The fourth-order valence-electron chi connectivity index (χ4n) is 2.68. The van der Waals surface area contributed by atoms with E-state index >= 15 is 0 Å². The van der Waals surface area contributed by atoms with Crippen molar-refractivity contribution in [1.82, 2.24) is 5.32 Å². The Morgan fingerprint density at radius 3 is 2.55 bits per heavy atom. The molecule has 102 valence electrons. The van der Waals surface area contributed by atoms with E-state index in [0.29, 0.717) is 0 Å². The van der Waals surface area contributed by atoms with Crippen molar-refractivity contribution in [2.24, 2.45) is 0 Å². The van der Waals surface area contributed by atoms with E-state index in [0.717, 1.165) is 0 Å². The van der Waals surface area contributed by atoms with Crippen molar-refractivity contribution in [3.63, 3.8) is 0 Å². The molecule has 0 amide bonds. The van der Waals surface area contributed by atoms with E-state index in [-0.39, 0.29) is 6.04 Å². The molecule has 0 saturated carbocycles. The molecule has 0 spiro atoms. The van der Waals surface area contributed by atoms with Crippen molar-refractivity contribution in [2.45, 2.75) is 19.9 Å². The van der Waals surface area contributed by atoms with Gasteiger partial charge < -0.3 is 5.32 Å². The molecule has 0 aliphatic heterocycles. The van der Waals surface area contributed by atoms with E-state index < -0.39 is 0 Å². The van der Waals surface area contributed by atoms with Crippen molar-refractivity contribution >= 4 is 21.4 Å². The second-order valence-corrected chi connectivity index (χ2v) is 6.31. The van der Waals surface area contributed by atoms with Crippen LogP contribution in [0.5, 0.6) is 0 Å². The third-order valence-corrected chi connectivity index (χ3v) is 5.16. The summed E-state index contributed by atoms with van der Waals surface area (Å²) >= 11 is 1.88. The molecule has 1 aromatic heterocycles. The van der Waals surface area contributed by atoms with Gasteiger partial charge in [0.05, 0.1) is 6.04 Å². The molecule has 20 heavy (non-hydrogen) atoms. The number of nitrogens with one attached hydrogen (secondary N) is 1. The lowest BCUT2D eigenvalue weighted by Gasteiger charge is -2.18. The van der Waals surface area contributed by atoms with Crippen LogP contribution in [0.2, 0.25) is 0 Å². The molecule has 3 rings (SSSR count). The fourth-order valence-corrected chi connectivity index (χ4v) is 3.88. The van der Waals surface area contributed by atoms with Crippen LogP contribution in [0.4, 0.5) is 0 Å². The van der Waals surface area contributed by atoms with E-state index in [9.17, 15) is 0 Å². The van der Waals surface area contributed by atoms with Gasteiger partial charge in [0.15, 0.2) is 0 Å². The van der Waals surface area contributed by atoms with Crippen molar-refractivity contribution in [1.29, 1.82) is 0 Å². The molecule has 1 atom stereocenters. The zero-order chi connectivity index (χ0) is 14.1. The molecule has 2 heteroatoms. The molecule has 2 aromatic carbocycles. The Labute approximate surface area is 124 Å². The zero-order valence-electron chi connectivity index (χ0n) is 12.1. The highest BCUT2D eigenvalue weighted by molar-refractivity contribution is 7.19. The van der Waals surface area contributed by atoms with Gasteiger partial charge in [-0.1, -0.05) is 36.4 Å². The number of thiophene rings is 1. The second kappa shape index (κ2) is 5.39. The molecular weight excluding hydrogens is 262 g/mol. The van der Waals surface area contributed by atoms with Crippen LogP contribution in [0, 0.1) is 13.8 Å². The van der Waals surface area contributed by atoms with Gasteiger partial charge in [-0.15, -0.1) is 11.3 Å². The number of aryl methyl sites for hydroxylation is 1. The topological polar surface area (TPSA) is 12.0 Å². The van der Waals surface area contributed by atoms with Gasteiger partial charge in [-0.25, -0.2) is 0 Å². The fraction of sp³-hybridized carbons (Fsp3) is 0.222. The number of fused-ring (bicyclic) bond motifs is 1. The van der Waals surface area contributed by atoms with Crippen molar-refractivity contribution < 1.29 is 0 Å². The standard InChI is InChI=1S/C18H19NS/c1-12-7-6-9-15(13(12)2)18(19-3)17-11-14-8-4-5-10-16(14)20-17/h4-11,18-19H,1-3H3. The smallest absolute Gasteiger partial charge is 0.0671 e. The van der Waals surface area contributed by atoms with Crippen LogP contribution in [-0.2, 0) is 0 Å². The molecule has 0 fully saturated rings. The van der Waals surface area contributed by atoms with Crippen LogP contribution in [0.15, 0.2) is 48.5 Å². The van der Waals surface area contributed by atoms with Gasteiger partial charge in [0.25, 0.3) is 0 Å². The van der Waals surface area contributed by atoms with Crippen molar-refractivity contribution in [3.05, 3.63) is 70.1 Å². The minimum atomic E-state index is 0.271. The van der Waals surface area contributed by atoms with E-state index in [1.165, 1.54) is 31.7 Å². The van der Waals surface area contributed by atoms with E-state index in [1.807, 2.05) is 18.4 Å². The number of hydrogen-bond donors (Lipinski definition) is 1. The van der Waals surface area contributed by atoms with Gasteiger partial charge in [0, 0.05) is 9.58 Å². The molecule has 0 aliphatic carbocycles. The SMILES string of the molecule is CNC(c1cc2ccccc2s1)c1cccc(C)c1C. The average Bonchev–Trinajstić information content (AvgIpc) is 2.87. The maximum atomic E-state index is 3.47. The Kier molecular flexibility index (Phi) is 3.60. The largest absolute Gasteiger partial charge is 0.309 e. The van der Waals surface area contributed by atoms with Gasteiger partial charge in [-0.3, -0.25) is 0 Å². The molecule has 0 saturated heterocycles. The molecule has 1 nitrogen and oxygen atoms in total. The summed E-state index contributed by atoms with van der Waals surface area (Å²) in [7, 11) is 2.04. The Morgan fingerprint density at radius 2 is 1.80 bits per heavy atom. The first-order valence-electron chi connectivity index (χ1n) is 6.92. The maximum Gasteiger partial charge on any atom is 0.0671 e. The summed E-state index contributed by atoms with van der Waals surface area (Å²) in [6.45, 7) is 4.39. The summed E-state index contributed by atoms with van der Waals surface area (Å²) < 4.78 is 1.35. The first-order valence-corrected chi connectivity index (χ1v) is 7.74. The number of rotatable bonds is 3. The molecule has 0 aliphatic rings. The monoisotopic (exact) mass is 281 g/mol. The molecular formula is C18H19NS. The number of hydrogen-bond acceptors (Lipinski definition) is 2. The molecule has 1 heterocycles. The minimum absolute atomic E-state index is 0.271. The quantitative estimate of drug-likeness (QED) is 0.725. The third kappa shape index (κ3) is 2.26. The maximum absolute atomic E-state index is 3.47. The summed E-state index contributed by atoms with van der Waals surface area (Å²) in [6, 6.07) is 17.7. The van der Waals surface area contributed by atoms with Crippen molar-refractivity contribution in [3.8, 4) is 0 Å². The normalized spacial score (nSPS) is 12.8. The van der Waals surface area contributed by atoms with Crippen LogP contribution in [0.3, 0.4) is 0 Å². The molecule has 3 aromatic rings. The highest BCUT2D eigenvalue weighted by atomic mass is 32.1. The highest BCUT2D eigenvalue weighted by Gasteiger charge is 2.17. The van der Waals surface area contributed by atoms with Gasteiger partial charge >= 0.3 is 0 Å².